The van der Waals surface area contributed by atoms with Crippen LogP contribution in [0.5, 0.6) is 0 Å². The highest BCUT2D eigenvalue weighted by Crippen LogP contribution is 2.34. The van der Waals surface area contributed by atoms with Crippen LogP contribution >= 0.6 is 27.5 Å². The zero-order chi connectivity index (χ0) is 13.7. The van der Waals surface area contributed by atoms with Gasteiger partial charge in [0.15, 0.2) is 0 Å². The van der Waals surface area contributed by atoms with E-state index in [1.165, 1.54) is 12.1 Å². The van der Waals surface area contributed by atoms with E-state index in [-0.39, 0.29) is 10.9 Å². The topological polar surface area (TPSA) is 32.9 Å². The maximum absolute atomic E-state index is 12.8. The SMILES string of the molecule is Cc1c(Cl)ccc2c(=O)c(Br)c(C(F)(F)F)[nH]c12. The number of alkyl halides is 3. The van der Waals surface area contributed by atoms with E-state index >= 15 is 0 Å². The quantitative estimate of drug-likeness (QED) is 0.763. The molecule has 96 valence electrons. The van der Waals surface area contributed by atoms with E-state index in [0.29, 0.717) is 10.6 Å². The van der Waals surface area contributed by atoms with Crippen LogP contribution in [0, 0.1) is 6.92 Å². The predicted molar refractivity (Wildman–Crippen MR) is 67.0 cm³/mol. The van der Waals surface area contributed by atoms with Gasteiger partial charge in [-0.25, -0.2) is 0 Å². The van der Waals surface area contributed by atoms with E-state index in [1.807, 2.05) is 0 Å². The number of aromatic amines is 1. The Labute approximate surface area is 113 Å². The van der Waals surface area contributed by atoms with E-state index in [1.54, 1.807) is 6.92 Å². The van der Waals surface area contributed by atoms with E-state index in [0.717, 1.165) is 0 Å². The summed E-state index contributed by atoms with van der Waals surface area (Å²) < 4.78 is 37.7. The number of rotatable bonds is 0. The van der Waals surface area contributed by atoms with Crippen LogP contribution in [-0.4, -0.2) is 4.98 Å². The summed E-state index contributed by atoms with van der Waals surface area (Å²) in [6.45, 7) is 1.55. The standard InChI is InChI=1S/C11H6BrClF3NO/c1-4-6(13)3-2-5-8(4)17-10(11(14,15)16)7(12)9(5)18/h2-3H,1H3,(H,17,18). The summed E-state index contributed by atoms with van der Waals surface area (Å²) in [4.78, 5) is 14.1. The highest BCUT2D eigenvalue weighted by atomic mass is 79.9. The fraction of sp³-hybridized carbons (Fsp3) is 0.182. The van der Waals surface area contributed by atoms with E-state index in [2.05, 4.69) is 20.9 Å². The minimum Gasteiger partial charge on any atom is -0.350 e. The Morgan fingerprint density at radius 2 is 1.94 bits per heavy atom. The Morgan fingerprint density at radius 1 is 1.33 bits per heavy atom. The van der Waals surface area contributed by atoms with Crippen molar-refractivity contribution in [3.05, 3.63) is 43.1 Å². The van der Waals surface area contributed by atoms with Crippen molar-refractivity contribution in [1.29, 1.82) is 0 Å². The molecule has 1 N–H and O–H groups in total. The second kappa shape index (κ2) is 4.28. The van der Waals surface area contributed by atoms with Gasteiger partial charge in [0.1, 0.15) is 5.69 Å². The largest absolute Gasteiger partial charge is 0.432 e. The molecule has 0 amide bonds. The molecule has 0 atom stereocenters. The molecule has 1 aromatic carbocycles. The minimum absolute atomic E-state index is 0.100. The summed E-state index contributed by atoms with van der Waals surface area (Å²) in [5.74, 6) is 0. The lowest BCUT2D eigenvalue weighted by Gasteiger charge is -2.12. The molecule has 7 heteroatoms. The molecule has 2 rings (SSSR count). The van der Waals surface area contributed by atoms with Crippen molar-refractivity contribution < 1.29 is 13.2 Å². The molecule has 1 heterocycles. The number of halogens is 5. The molecule has 2 aromatic rings. The number of hydrogen-bond donors (Lipinski definition) is 1. The Bertz CT molecular complexity index is 693. The maximum atomic E-state index is 12.8. The van der Waals surface area contributed by atoms with Crippen LogP contribution in [0.2, 0.25) is 5.02 Å². The molecule has 1 aromatic heterocycles. The molecule has 0 unspecified atom stereocenters. The first-order valence-electron chi connectivity index (χ1n) is 4.81. The van der Waals surface area contributed by atoms with Crippen LogP contribution in [0.3, 0.4) is 0 Å². The van der Waals surface area contributed by atoms with E-state index in [9.17, 15) is 18.0 Å². The van der Waals surface area contributed by atoms with Crippen molar-refractivity contribution >= 4 is 38.4 Å². The maximum Gasteiger partial charge on any atom is 0.432 e. The summed E-state index contributed by atoms with van der Waals surface area (Å²) in [7, 11) is 0. The summed E-state index contributed by atoms with van der Waals surface area (Å²) in [5, 5.41) is 0.463. The second-order valence-electron chi connectivity index (χ2n) is 3.74. The molecule has 0 fully saturated rings. The zero-order valence-corrected chi connectivity index (χ0v) is 11.3. The van der Waals surface area contributed by atoms with Crippen LogP contribution < -0.4 is 5.43 Å². The lowest BCUT2D eigenvalue weighted by atomic mass is 10.1. The number of hydrogen-bond acceptors (Lipinski definition) is 1. The fourth-order valence-corrected chi connectivity index (χ4v) is 2.34. The van der Waals surface area contributed by atoms with Crippen LogP contribution in [0.25, 0.3) is 10.9 Å². The highest BCUT2D eigenvalue weighted by molar-refractivity contribution is 9.10. The smallest absolute Gasteiger partial charge is 0.350 e. The van der Waals surface area contributed by atoms with Gasteiger partial charge in [0.2, 0.25) is 5.43 Å². The highest BCUT2D eigenvalue weighted by Gasteiger charge is 2.35. The van der Waals surface area contributed by atoms with E-state index in [4.69, 9.17) is 11.6 Å². The van der Waals surface area contributed by atoms with Gasteiger partial charge in [0.25, 0.3) is 0 Å². The number of aromatic nitrogens is 1. The normalized spacial score (nSPS) is 12.1. The van der Waals surface area contributed by atoms with Gasteiger partial charge in [-0.1, -0.05) is 11.6 Å². The molecule has 0 bridgehead atoms. The number of benzene rings is 1. The van der Waals surface area contributed by atoms with Crippen molar-refractivity contribution in [3.63, 3.8) is 0 Å². The number of pyridine rings is 1. The van der Waals surface area contributed by atoms with Gasteiger partial charge in [-0.3, -0.25) is 4.79 Å². The first-order valence-corrected chi connectivity index (χ1v) is 5.98. The van der Waals surface area contributed by atoms with Crippen molar-refractivity contribution in [1.82, 2.24) is 4.98 Å². The van der Waals surface area contributed by atoms with Gasteiger partial charge < -0.3 is 4.98 Å². The van der Waals surface area contributed by atoms with Gasteiger partial charge in [-0.2, -0.15) is 13.2 Å². The van der Waals surface area contributed by atoms with Crippen LogP contribution in [0.1, 0.15) is 11.3 Å². The summed E-state index contributed by atoms with van der Waals surface area (Å²) in [5.41, 5.74) is -1.31. The van der Waals surface area contributed by atoms with Gasteiger partial charge in [-0.15, -0.1) is 0 Å². The Morgan fingerprint density at radius 3 is 2.50 bits per heavy atom. The second-order valence-corrected chi connectivity index (χ2v) is 4.94. The first kappa shape index (κ1) is 13.4. The third kappa shape index (κ3) is 2.03. The summed E-state index contributed by atoms with van der Waals surface area (Å²) in [6, 6.07) is 2.88. The van der Waals surface area contributed by atoms with Gasteiger partial charge in [-0.05, 0) is 40.5 Å². The Kier molecular flexibility index (Phi) is 3.19. The molecule has 0 saturated carbocycles. The molecular weight excluding hydrogens is 334 g/mol. The number of aryl methyl sites for hydroxylation is 1. The molecule has 0 aliphatic heterocycles. The lowest BCUT2D eigenvalue weighted by Crippen LogP contribution is -2.17. The van der Waals surface area contributed by atoms with Crippen molar-refractivity contribution in [3.8, 4) is 0 Å². The fourth-order valence-electron chi connectivity index (χ4n) is 1.64. The van der Waals surface area contributed by atoms with Gasteiger partial charge in [0, 0.05) is 10.4 Å². The van der Waals surface area contributed by atoms with Gasteiger partial charge in [0.05, 0.1) is 9.99 Å². The average Bonchev–Trinajstić information content (AvgIpc) is 2.26. The van der Waals surface area contributed by atoms with E-state index < -0.39 is 21.8 Å². The number of H-pyrrole nitrogens is 1. The van der Waals surface area contributed by atoms with Crippen molar-refractivity contribution in [2.45, 2.75) is 13.1 Å². The Balaban J connectivity index is 2.99. The van der Waals surface area contributed by atoms with Crippen molar-refractivity contribution in [2.75, 3.05) is 0 Å². The molecular formula is C11H6BrClF3NO. The third-order valence-corrected chi connectivity index (χ3v) is 3.76. The minimum atomic E-state index is -4.64. The third-order valence-electron chi connectivity index (χ3n) is 2.60. The van der Waals surface area contributed by atoms with Crippen LogP contribution in [0.15, 0.2) is 21.4 Å². The monoisotopic (exact) mass is 339 g/mol. The number of fused-ring (bicyclic) bond motifs is 1. The Hall–Kier alpha value is -1.01. The molecule has 0 aliphatic rings. The van der Waals surface area contributed by atoms with Crippen LogP contribution in [0.4, 0.5) is 13.2 Å². The average molecular weight is 341 g/mol. The van der Waals surface area contributed by atoms with Gasteiger partial charge >= 0.3 is 6.18 Å². The summed E-state index contributed by atoms with van der Waals surface area (Å²) in [6.07, 6.45) is -4.64. The summed E-state index contributed by atoms with van der Waals surface area (Å²) >= 11 is 8.51. The molecule has 2 nitrogen and oxygen atoms in total. The first-order chi connectivity index (χ1) is 8.23. The predicted octanol–water partition coefficient (Wildman–Crippen LogP) is 4.27. The lowest BCUT2D eigenvalue weighted by molar-refractivity contribution is -0.141. The molecule has 0 saturated heterocycles. The molecule has 0 radical (unpaired) electrons. The number of nitrogens with one attached hydrogen (secondary N) is 1. The zero-order valence-electron chi connectivity index (χ0n) is 8.95. The molecule has 18 heavy (non-hydrogen) atoms. The van der Waals surface area contributed by atoms with Crippen LogP contribution in [-0.2, 0) is 6.18 Å². The molecule has 0 aliphatic carbocycles. The molecule has 0 spiro atoms. The van der Waals surface area contributed by atoms with Crippen molar-refractivity contribution in [2.24, 2.45) is 0 Å².